The smallest absolute Gasteiger partial charge is 0.242 e. The van der Waals surface area contributed by atoms with Crippen molar-refractivity contribution in [2.75, 3.05) is 32.9 Å². The van der Waals surface area contributed by atoms with Crippen molar-refractivity contribution in [1.29, 1.82) is 0 Å². The van der Waals surface area contributed by atoms with Crippen LogP contribution in [0.25, 0.3) is 0 Å². The molecule has 1 amide bonds. The molecule has 3 heterocycles. The third-order valence-corrected chi connectivity index (χ3v) is 4.77. The molecule has 5 nitrogen and oxygen atoms in total. The van der Waals surface area contributed by atoms with E-state index >= 15 is 0 Å². The summed E-state index contributed by atoms with van der Waals surface area (Å²) in [6.45, 7) is 4.04. The Hall–Kier alpha value is -0.950. The first-order valence-corrected chi connectivity index (χ1v) is 8.45. The summed E-state index contributed by atoms with van der Waals surface area (Å²) in [5, 5.41) is 5.30. The van der Waals surface area contributed by atoms with E-state index in [0.29, 0.717) is 26.3 Å². The van der Waals surface area contributed by atoms with Crippen LogP contribution in [0.1, 0.15) is 17.7 Å². The van der Waals surface area contributed by atoms with E-state index in [2.05, 4.69) is 11.4 Å². The van der Waals surface area contributed by atoms with Crippen LogP contribution in [0, 0.1) is 0 Å². The second kappa shape index (κ2) is 7.35. The molecule has 0 spiro atoms. The molecule has 2 atom stereocenters. The van der Waals surface area contributed by atoms with Crippen molar-refractivity contribution in [3.05, 3.63) is 22.4 Å². The van der Waals surface area contributed by atoms with Gasteiger partial charge in [-0.15, -0.1) is 11.3 Å². The fraction of sp³-hybridized carbons (Fsp3) is 0.667. The highest BCUT2D eigenvalue weighted by atomic mass is 32.1. The van der Waals surface area contributed by atoms with Gasteiger partial charge in [-0.1, -0.05) is 6.07 Å². The summed E-state index contributed by atoms with van der Waals surface area (Å²) in [4.78, 5) is 15.9. The summed E-state index contributed by atoms with van der Waals surface area (Å²) in [6, 6.07) is 3.88. The summed E-state index contributed by atoms with van der Waals surface area (Å²) >= 11 is 1.69. The lowest BCUT2D eigenvalue weighted by molar-refractivity contribution is -0.138. The van der Waals surface area contributed by atoms with Crippen molar-refractivity contribution in [2.24, 2.45) is 0 Å². The highest BCUT2D eigenvalue weighted by molar-refractivity contribution is 7.09. The third-order valence-electron chi connectivity index (χ3n) is 3.91. The molecule has 3 rings (SSSR count). The van der Waals surface area contributed by atoms with E-state index in [1.807, 2.05) is 16.3 Å². The molecule has 2 aliphatic heterocycles. The van der Waals surface area contributed by atoms with Crippen molar-refractivity contribution < 1.29 is 14.3 Å². The van der Waals surface area contributed by atoms with Gasteiger partial charge >= 0.3 is 0 Å². The van der Waals surface area contributed by atoms with E-state index in [1.54, 1.807) is 11.3 Å². The van der Waals surface area contributed by atoms with Crippen LogP contribution < -0.4 is 5.32 Å². The number of nitrogens with one attached hydrogen (secondary N) is 1. The normalized spacial score (nSPS) is 25.9. The molecule has 116 valence electrons. The molecule has 2 saturated heterocycles. The van der Waals surface area contributed by atoms with E-state index < -0.39 is 0 Å². The molecule has 1 aromatic heterocycles. The monoisotopic (exact) mass is 310 g/mol. The van der Waals surface area contributed by atoms with Crippen molar-refractivity contribution in [3.63, 3.8) is 0 Å². The maximum Gasteiger partial charge on any atom is 0.242 e. The number of hydrogen-bond acceptors (Lipinski definition) is 5. The van der Waals surface area contributed by atoms with Gasteiger partial charge in [0, 0.05) is 24.6 Å². The Morgan fingerprint density at radius 1 is 1.48 bits per heavy atom. The average Bonchev–Trinajstić information content (AvgIpc) is 3.20. The van der Waals surface area contributed by atoms with E-state index in [9.17, 15) is 4.79 Å². The molecular formula is C15H22N2O3S. The average molecular weight is 310 g/mol. The van der Waals surface area contributed by atoms with Crippen molar-refractivity contribution in [2.45, 2.75) is 31.5 Å². The van der Waals surface area contributed by atoms with Gasteiger partial charge in [0.25, 0.3) is 0 Å². The van der Waals surface area contributed by atoms with Gasteiger partial charge in [0.05, 0.1) is 25.9 Å². The van der Waals surface area contributed by atoms with Gasteiger partial charge in [-0.05, 0) is 24.3 Å². The lowest BCUT2D eigenvalue weighted by Crippen LogP contribution is -2.53. The number of morpholine rings is 1. The maximum atomic E-state index is 12.7. The summed E-state index contributed by atoms with van der Waals surface area (Å²) in [6.07, 6.45) is 2.32. The molecule has 1 aromatic rings. The van der Waals surface area contributed by atoms with Gasteiger partial charge in [-0.25, -0.2) is 0 Å². The molecule has 1 N–H and O–H groups in total. The third kappa shape index (κ3) is 4.03. The van der Waals surface area contributed by atoms with Gasteiger partial charge in [-0.2, -0.15) is 0 Å². The SMILES string of the molecule is O=C(C1COCCN1)N(Cc1cccs1)CC1CCCO1. The zero-order valence-electron chi connectivity index (χ0n) is 12.1. The fourth-order valence-corrected chi connectivity index (χ4v) is 3.52. The molecule has 2 fully saturated rings. The largest absolute Gasteiger partial charge is 0.378 e. The Labute approximate surface area is 129 Å². The topological polar surface area (TPSA) is 50.8 Å². The summed E-state index contributed by atoms with van der Waals surface area (Å²) < 4.78 is 11.1. The van der Waals surface area contributed by atoms with Gasteiger partial charge < -0.3 is 19.7 Å². The summed E-state index contributed by atoms with van der Waals surface area (Å²) in [5.41, 5.74) is 0. The van der Waals surface area contributed by atoms with Gasteiger partial charge in [0.2, 0.25) is 5.91 Å². The molecule has 21 heavy (non-hydrogen) atoms. The number of hydrogen-bond donors (Lipinski definition) is 1. The Morgan fingerprint density at radius 2 is 2.43 bits per heavy atom. The van der Waals surface area contributed by atoms with Crippen LogP contribution in [0.3, 0.4) is 0 Å². The molecule has 0 saturated carbocycles. The van der Waals surface area contributed by atoms with Crippen molar-refractivity contribution in [3.8, 4) is 0 Å². The van der Waals surface area contributed by atoms with Crippen LogP contribution in [0.2, 0.25) is 0 Å². The molecule has 2 unspecified atom stereocenters. The first-order valence-electron chi connectivity index (χ1n) is 7.57. The minimum atomic E-state index is -0.222. The van der Waals surface area contributed by atoms with Gasteiger partial charge in [0.15, 0.2) is 0 Å². The fourth-order valence-electron chi connectivity index (χ4n) is 2.80. The highest BCUT2D eigenvalue weighted by Crippen LogP contribution is 2.18. The highest BCUT2D eigenvalue weighted by Gasteiger charge is 2.29. The minimum absolute atomic E-state index is 0.124. The molecule has 0 aliphatic carbocycles. The standard InChI is InChI=1S/C15H22N2O3S/c18-15(14-11-19-7-5-16-14)17(9-12-3-1-6-20-12)10-13-4-2-8-21-13/h2,4,8,12,14,16H,1,3,5-7,9-11H2. The van der Waals surface area contributed by atoms with Crippen LogP contribution in [-0.4, -0.2) is 55.9 Å². The van der Waals surface area contributed by atoms with Gasteiger partial charge in [0.1, 0.15) is 6.04 Å². The first kappa shape index (κ1) is 15.0. The van der Waals surface area contributed by atoms with E-state index in [-0.39, 0.29) is 18.1 Å². The van der Waals surface area contributed by atoms with Crippen LogP contribution in [0.4, 0.5) is 0 Å². The van der Waals surface area contributed by atoms with Gasteiger partial charge in [-0.3, -0.25) is 4.79 Å². The number of carbonyl (C=O) groups is 1. The number of ether oxygens (including phenoxy) is 2. The number of rotatable bonds is 5. The van der Waals surface area contributed by atoms with Crippen LogP contribution >= 0.6 is 11.3 Å². The molecule has 2 aliphatic rings. The van der Waals surface area contributed by atoms with Crippen molar-refractivity contribution in [1.82, 2.24) is 10.2 Å². The van der Waals surface area contributed by atoms with E-state index in [1.165, 1.54) is 4.88 Å². The number of carbonyl (C=O) groups excluding carboxylic acids is 1. The number of amides is 1. The minimum Gasteiger partial charge on any atom is -0.378 e. The Morgan fingerprint density at radius 3 is 3.10 bits per heavy atom. The van der Waals surface area contributed by atoms with Crippen molar-refractivity contribution >= 4 is 17.2 Å². The van der Waals surface area contributed by atoms with E-state index in [4.69, 9.17) is 9.47 Å². The Kier molecular flexibility index (Phi) is 5.24. The predicted octanol–water partition coefficient (Wildman–Crippen LogP) is 1.24. The quantitative estimate of drug-likeness (QED) is 0.889. The van der Waals surface area contributed by atoms with Crippen LogP contribution in [-0.2, 0) is 20.8 Å². The second-order valence-corrected chi connectivity index (χ2v) is 6.55. The molecule has 0 bridgehead atoms. The lowest BCUT2D eigenvalue weighted by Gasteiger charge is -2.31. The predicted molar refractivity (Wildman–Crippen MR) is 81.3 cm³/mol. The molecule has 6 heteroatoms. The zero-order valence-corrected chi connectivity index (χ0v) is 12.9. The zero-order chi connectivity index (χ0) is 14.5. The van der Waals surface area contributed by atoms with Crippen LogP contribution in [0.15, 0.2) is 17.5 Å². The molecular weight excluding hydrogens is 288 g/mol. The van der Waals surface area contributed by atoms with E-state index in [0.717, 1.165) is 26.0 Å². The number of thiophene rings is 1. The summed E-state index contributed by atoms with van der Waals surface area (Å²) in [5.74, 6) is 0.124. The Bertz CT molecular complexity index is 440. The molecule has 0 aromatic carbocycles. The Balaban J connectivity index is 1.65. The lowest BCUT2D eigenvalue weighted by atomic mass is 10.2. The first-order chi connectivity index (χ1) is 10.3. The number of nitrogens with zero attached hydrogens (tertiary/aromatic N) is 1. The maximum absolute atomic E-state index is 12.7. The van der Waals surface area contributed by atoms with Crippen LogP contribution in [0.5, 0.6) is 0 Å². The summed E-state index contributed by atoms with van der Waals surface area (Å²) in [7, 11) is 0. The second-order valence-electron chi connectivity index (χ2n) is 5.51. The molecule has 0 radical (unpaired) electrons.